The molecule has 1 aromatic carbocycles. The second-order valence-electron chi connectivity index (χ2n) is 6.77. The summed E-state index contributed by atoms with van der Waals surface area (Å²) >= 11 is 3.40. The Morgan fingerprint density at radius 3 is 3.00 bits per heavy atom. The van der Waals surface area contributed by atoms with Crippen molar-refractivity contribution in [2.45, 2.75) is 44.9 Å². The number of ether oxygens (including phenoxy) is 1. The standard InChI is InChI=1S/C20H22BrFNO3/c1-3-25-17(24)11-14-12-26-19(23-14)20(9-7-13(2)8-10-20)15-5-4-6-16(22)18(15)21/h4-7,12-13H,3,8-11H2,1-2H3. The molecule has 0 aliphatic heterocycles. The summed E-state index contributed by atoms with van der Waals surface area (Å²) in [5, 5.41) is 0. The Morgan fingerprint density at radius 1 is 1.50 bits per heavy atom. The van der Waals surface area contributed by atoms with Gasteiger partial charge in [0.05, 0.1) is 28.6 Å². The zero-order valence-electron chi connectivity index (χ0n) is 14.9. The van der Waals surface area contributed by atoms with E-state index in [0.717, 1.165) is 18.4 Å². The number of hydrogen-bond acceptors (Lipinski definition) is 4. The maximum atomic E-state index is 14.2. The number of aromatic nitrogens is 1. The Kier molecular flexibility index (Phi) is 5.80. The van der Waals surface area contributed by atoms with E-state index in [9.17, 15) is 9.18 Å². The molecular formula is C20H22BrFNO3. The predicted molar refractivity (Wildman–Crippen MR) is 99.0 cm³/mol. The minimum atomic E-state index is -0.541. The summed E-state index contributed by atoms with van der Waals surface area (Å²) in [4.78, 5) is 16.3. The van der Waals surface area contributed by atoms with Gasteiger partial charge in [0.15, 0.2) is 0 Å². The molecule has 0 bridgehead atoms. The number of carbonyl (C=O) groups is 1. The quantitative estimate of drug-likeness (QED) is 0.636. The van der Waals surface area contributed by atoms with E-state index >= 15 is 0 Å². The highest BCUT2D eigenvalue weighted by molar-refractivity contribution is 9.10. The largest absolute Gasteiger partial charge is 0.466 e. The van der Waals surface area contributed by atoms with Crippen molar-refractivity contribution < 1.29 is 18.3 Å². The van der Waals surface area contributed by atoms with Crippen LogP contribution >= 0.6 is 15.9 Å². The van der Waals surface area contributed by atoms with Crippen LogP contribution in [0.4, 0.5) is 4.39 Å². The molecule has 2 aromatic rings. The molecule has 1 heterocycles. The number of carbonyl (C=O) groups excluding carboxylic acids is 1. The Morgan fingerprint density at radius 2 is 2.31 bits per heavy atom. The van der Waals surface area contributed by atoms with Crippen LogP contribution < -0.4 is 0 Å². The van der Waals surface area contributed by atoms with Gasteiger partial charge >= 0.3 is 5.97 Å². The molecule has 4 nitrogen and oxygen atoms in total. The smallest absolute Gasteiger partial charge is 0.311 e. The van der Waals surface area contributed by atoms with Crippen LogP contribution in [0.2, 0.25) is 0 Å². The SMILES string of the molecule is CCOC(=O)Cc1coc(C2(c3cccc(F)c3Br)C[CH]C(C)CC2)n1. The molecule has 1 aliphatic carbocycles. The van der Waals surface area contributed by atoms with Crippen molar-refractivity contribution in [3.63, 3.8) is 0 Å². The molecule has 3 rings (SSSR count). The molecule has 0 amide bonds. The van der Waals surface area contributed by atoms with Crippen molar-refractivity contribution in [2.75, 3.05) is 6.61 Å². The highest BCUT2D eigenvalue weighted by Crippen LogP contribution is 2.48. The number of nitrogens with zero attached hydrogens (tertiary/aromatic N) is 1. The van der Waals surface area contributed by atoms with Crippen LogP contribution in [0.25, 0.3) is 0 Å². The van der Waals surface area contributed by atoms with Crippen molar-refractivity contribution in [1.82, 2.24) is 4.98 Å². The number of rotatable bonds is 5. The Balaban J connectivity index is 1.99. The zero-order valence-corrected chi connectivity index (χ0v) is 16.5. The number of oxazole rings is 1. The molecule has 2 unspecified atom stereocenters. The molecule has 0 spiro atoms. The Hall–Kier alpha value is -1.69. The normalized spacial score (nSPS) is 23.0. The average Bonchev–Trinajstić information content (AvgIpc) is 3.07. The van der Waals surface area contributed by atoms with Crippen LogP contribution in [0.15, 0.2) is 33.4 Å². The summed E-state index contributed by atoms with van der Waals surface area (Å²) in [6, 6.07) is 5.04. The maximum Gasteiger partial charge on any atom is 0.311 e. The minimum Gasteiger partial charge on any atom is -0.466 e. The number of hydrogen-bond donors (Lipinski definition) is 0. The van der Waals surface area contributed by atoms with E-state index in [0.29, 0.717) is 35.0 Å². The monoisotopic (exact) mass is 422 g/mol. The molecule has 1 fully saturated rings. The van der Waals surface area contributed by atoms with Gasteiger partial charge in [0.2, 0.25) is 5.89 Å². The minimum absolute atomic E-state index is 0.0673. The first kappa shape index (κ1) is 19.1. The van der Waals surface area contributed by atoms with Crippen molar-refractivity contribution in [2.24, 2.45) is 5.92 Å². The van der Waals surface area contributed by atoms with Gasteiger partial charge < -0.3 is 9.15 Å². The molecule has 2 atom stereocenters. The van der Waals surface area contributed by atoms with E-state index in [1.165, 1.54) is 12.3 Å². The molecule has 0 N–H and O–H groups in total. The van der Waals surface area contributed by atoms with Crippen molar-refractivity contribution in [1.29, 1.82) is 0 Å². The van der Waals surface area contributed by atoms with Gasteiger partial charge in [-0.3, -0.25) is 4.79 Å². The Bertz CT molecular complexity index is 781. The van der Waals surface area contributed by atoms with Crippen LogP contribution in [0.1, 0.15) is 50.3 Å². The highest BCUT2D eigenvalue weighted by Gasteiger charge is 2.43. The van der Waals surface area contributed by atoms with Crippen molar-refractivity contribution in [3.8, 4) is 0 Å². The number of halogens is 2. The molecule has 1 aromatic heterocycles. The van der Waals surface area contributed by atoms with E-state index in [1.807, 2.05) is 6.07 Å². The molecule has 6 heteroatoms. The lowest BCUT2D eigenvalue weighted by Crippen LogP contribution is -2.34. The first-order valence-corrected chi connectivity index (χ1v) is 9.64. The number of benzene rings is 1. The molecule has 1 saturated carbocycles. The molecule has 1 aliphatic rings. The van der Waals surface area contributed by atoms with Crippen LogP contribution in [-0.2, 0) is 21.4 Å². The fourth-order valence-electron chi connectivity index (χ4n) is 3.49. The summed E-state index contributed by atoms with van der Waals surface area (Å²) in [5.74, 6) is 0.367. The zero-order chi connectivity index (χ0) is 18.7. The van der Waals surface area contributed by atoms with Gasteiger partial charge in [0, 0.05) is 0 Å². The average molecular weight is 423 g/mol. The van der Waals surface area contributed by atoms with Gasteiger partial charge in [0.1, 0.15) is 12.1 Å². The van der Waals surface area contributed by atoms with Crippen molar-refractivity contribution >= 4 is 21.9 Å². The lowest BCUT2D eigenvalue weighted by Gasteiger charge is -2.37. The number of esters is 1. The predicted octanol–water partition coefficient (Wildman–Crippen LogP) is 4.99. The second kappa shape index (κ2) is 7.91. The summed E-state index contributed by atoms with van der Waals surface area (Å²) in [5.41, 5.74) is 0.814. The van der Waals surface area contributed by atoms with Gasteiger partial charge in [0.25, 0.3) is 0 Å². The van der Waals surface area contributed by atoms with E-state index in [1.54, 1.807) is 13.0 Å². The first-order chi connectivity index (χ1) is 12.5. The van der Waals surface area contributed by atoms with Gasteiger partial charge in [-0.05, 0) is 66.1 Å². The van der Waals surface area contributed by atoms with Crippen molar-refractivity contribution in [3.05, 3.63) is 58.3 Å². The summed E-state index contributed by atoms with van der Waals surface area (Å²) < 4.78 is 25.4. The van der Waals surface area contributed by atoms with E-state index < -0.39 is 5.41 Å². The molecule has 1 radical (unpaired) electrons. The Labute approximate surface area is 161 Å². The van der Waals surface area contributed by atoms with Crippen LogP contribution in [0.3, 0.4) is 0 Å². The fraction of sp³-hybridized carbons (Fsp3) is 0.450. The third-order valence-corrected chi connectivity index (χ3v) is 5.76. The van der Waals surface area contributed by atoms with Gasteiger partial charge in [-0.1, -0.05) is 19.1 Å². The third-order valence-electron chi connectivity index (χ3n) is 4.95. The highest BCUT2D eigenvalue weighted by atomic mass is 79.9. The van der Waals surface area contributed by atoms with Gasteiger partial charge in [-0.25, -0.2) is 9.37 Å². The first-order valence-electron chi connectivity index (χ1n) is 8.84. The van der Waals surface area contributed by atoms with E-state index in [-0.39, 0.29) is 18.2 Å². The van der Waals surface area contributed by atoms with Crippen LogP contribution in [-0.4, -0.2) is 17.6 Å². The topological polar surface area (TPSA) is 52.3 Å². The molecule has 0 saturated heterocycles. The van der Waals surface area contributed by atoms with Gasteiger partial charge in [-0.2, -0.15) is 0 Å². The summed E-state index contributed by atoms with van der Waals surface area (Å²) in [7, 11) is 0. The lowest BCUT2D eigenvalue weighted by molar-refractivity contribution is -0.142. The molecule has 139 valence electrons. The molecular weight excluding hydrogens is 401 g/mol. The van der Waals surface area contributed by atoms with E-state index in [2.05, 4.69) is 34.3 Å². The third kappa shape index (κ3) is 3.70. The maximum absolute atomic E-state index is 14.2. The van der Waals surface area contributed by atoms with Gasteiger partial charge in [-0.15, -0.1) is 0 Å². The second-order valence-corrected chi connectivity index (χ2v) is 7.56. The summed E-state index contributed by atoms with van der Waals surface area (Å²) in [6.45, 7) is 4.27. The fourth-order valence-corrected chi connectivity index (χ4v) is 4.14. The van der Waals surface area contributed by atoms with Crippen LogP contribution in [0.5, 0.6) is 0 Å². The summed E-state index contributed by atoms with van der Waals surface area (Å²) in [6.07, 6.45) is 6.26. The lowest BCUT2D eigenvalue weighted by atomic mass is 9.67. The molecule has 26 heavy (non-hydrogen) atoms. The van der Waals surface area contributed by atoms with E-state index in [4.69, 9.17) is 9.15 Å². The van der Waals surface area contributed by atoms with Crippen LogP contribution in [0, 0.1) is 18.2 Å².